The Kier molecular flexibility index (Phi) is 4.91. The summed E-state index contributed by atoms with van der Waals surface area (Å²) < 4.78 is 6.00. The first-order valence-corrected chi connectivity index (χ1v) is 9.22. The van der Waals surface area contributed by atoms with Gasteiger partial charge in [-0.05, 0) is 24.6 Å². The zero-order valence-corrected chi connectivity index (χ0v) is 15.4. The highest BCUT2D eigenvalue weighted by Crippen LogP contribution is 2.29. The molecule has 5 heteroatoms. The normalized spacial score (nSPS) is 14.9. The summed E-state index contributed by atoms with van der Waals surface area (Å²) in [5.41, 5.74) is 3.76. The monoisotopic (exact) mass is 358 g/mol. The standard InChI is InChI=1S/C22H22N4O/c1-17-7-9-19(10-8-17)21-24-20(15-23)22(27-21)26-13-11-25(12-14-26)16-18-5-3-2-4-6-18/h2-10H,11-14,16H2,1H3. The van der Waals surface area contributed by atoms with E-state index in [9.17, 15) is 5.26 Å². The van der Waals surface area contributed by atoms with E-state index in [1.807, 2.05) is 37.3 Å². The van der Waals surface area contributed by atoms with E-state index in [-0.39, 0.29) is 0 Å². The number of oxazole rings is 1. The highest BCUT2D eigenvalue weighted by Gasteiger charge is 2.24. The van der Waals surface area contributed by atoms with Crippen LogP contribution in [0.2, 0.25) is 0 Å². The van der Waals surface area contributed by atoms with Crippen molar-refractivity contribution in [3.8, 4) is 17.5 Å². The molecule has 0 saturated carbocycles. The lowest BCUT2D eigenvalue weighted by molar-refractivity contribution is 0.246. The molecule has 0 spiro atoms. The topological polar surface area (TPSA) is 56.3 Å². The molecule has 1 aliphatic heterocycles. The first kappa shape index (κ1) is 17.3. The van der Waals surface area contributed by atoms with Crippen LogP contribution in [-0.2, 0) is 6.54 Å². The number of nitriles is 1. The lowest BCUT2D eigenvalue weighted by Crippen LogP contribution is -2.46. The summed E-state index contributed by atoms with van der Waals surface area (Å²) in [7, 11) is 0. The van der Waals surface area contributed by atoms with Crippen molar-refractivity contribution in [1.29, 1.82) is 5.26 Å². The van der Waals surface area contributed by atoms with Crippen molar-refractivity contribution in [1.82, 2.24) is 9.88 Å². The zero-order valence-electron chi connectivity index (χ0n) is 15.4. The predicted molar refractivity (Wildman–Crippen MR) is 105 cm³/mol. The Balaban J connectivity index is 1.46. The van der Waals surface area contributed by atoms with Gasteiger partial charge in [0, 0.05) is 38.3 Å². The maximum absolute atomic E-state index is 9.49. The number of hydrogen-bond donors (Lipinski definition) is 0. The number of benzene rings is 2. The molecule has 0 aliphatic carbocycles. The summed E-state index contributed by atoms with van der Waals surface area (Å²) in [5, 5.41) is 9.49. The molecule has 0 bridgehead atoms. The summed E-state index contributed by atoms with van der Waals surface area (Å²) in [5.74, 6) is 1.10. The van der Waals surface area contributed by atoms with Crippen molar-refractivity contribution in [2.24, 2.45) is 0 Å². The van der Waals surface area contributed by atoms with Gasteiger partial charge in [0.15, 0.2) is 0 Å². The largest absolute Gasteiger partial charge is 0.419 e. The summed E-state index contributed by atoms with van der Waals surface area (Å²) in [6.45, 7) is 6.50. The first-order valence-electron chi connectivity index (χ1n) is 9.22. The van der Waals surface area contributed by atoms with E-state index in [2.05, 4.69) is 45.1 Å². The summed E-state index contributed by atoms with van der Waals surface area (Å²) in [6.07, 6.45) is 0. The number of nitrogens with zero attached hydrogens (tertiary/aromatic N) is 4. The van der Waals surface area contributed by atoms with Crippen LogP contribution in [0.5, 0.6) is 0 Å². The van der Waals surface area contributed by atoms with Crippen LogP contribution in [0.25, 0.3) is 11.5 Å². The first-order chi connectivity index (χ1) is 13.2. The molecule has 4 rings (SSSR count). The van der Waals surface area contributed by atoms with E-state index in [0.717, 1.165) is 38.3 Å². The lowest BCUT2D eigenvalue weighted by atomic mass is 10.1. The molecule has 3 aromatic rings. The van der Waals surface area contributed by atoms with Gasteiger partial charge in [0.2, 0.25) is 17.5 Å². The molecular weight excluding hydrogens is 336 g/mol. The minimum Gasteiger partial charge on any atom is -0.419 e. The number of hydrogen-bond acceptors (Lipinski definition) is 5. The molecule has 0 N–H and O–H groups in total. The molecule has 0 radical (unpaired) electrons. The summed E-state index contributed by atoms with van der Waals surface area (Å²) in [4.78, 5) is 8.96. The van der Waals surface area contributed by atoms with Crippen molar-refractivity contribution in [3.05, 3.63) is 71.4 Å². The summed E-state index contributed by atoms with van der Waals surface area (Å²) >= 11 is 0. The van der Waals surface area contributed by atoms with E-state index in [1.165, 1.54) is 11.1 Å². The van der Waals surface area contributed by atoms with E-state index in [1.54, 1.807) is 0 Å². The molecule has 5 nitrogen and oxygen atoms in total. The van der Waals surface area contributed by atoms with E-state index in [0.29, 0.717) is 17.5 Å². The van der Waals surface area contributed by atoms with Crippen LogP contribution < -0.4 is 4.90 Å². The average molecular weight is 358 g/mol. The van der Waals surface area contributed by atoms with Gasteiger partial charge < -0.3 is 9.32 Å². The molecule has 136 valence electrons. The molecule has 0 unspecified atom stereocenters. The van der Waals surface area contributed by atoms with Gasteiger partial charge in [-0.25, -0.2) is 0 Å². The number of aryl methyl sites for hydroxylation is 1. The number of anilines is 1. The second-order valence-electron chi connectivity index (χ2n) is 6.90. The molecule has 0 amide bonds. The highest BCUT2D eigenvalue weighted by atomic mass is 16.4. The molecule has 27 heavy (non-hydrogen) atoms. The van der Waals surface area contributed by atoms with Crippen molar-refractivity contribution in [2.75, 3.05) is 31.1 Å². The summed E-state index contributed by atoms with van der Waals surface area (Å²) in [6, 6.07) is 20.7. The third-order valence-electron chi connectivity index (χ3n) is 4.92. The fourth-order valence-electron chi connectivity index (χ4n) is 3.37. The van der Waals surface area contributed by atoms with Crippen LogP contribution in [0.15, 0.2) is 59.0 Å². The molecule has 2 aromatic carbocycles. The van der Waals surface area contributed by atoms with Crippen molar-refractivity contribution < 1.29 is 4.42 Å². The number of piperazine rings is 1. The molecule has 1 aromatic heterocycles. The van der Waals surface area contributed by atoms with Crippen molar-refractivity contribution in [3.63, 3.8) is 0 Å². The van der Waals surface area contributed by atoms with E-state index < -0.39 is 0 Å². The highest BCUT2D eigenvalue weighted by molar-refractivity contribution is 5.60. The van der Waals surface area contributed by atoms with Crippen molar-refractivity contribution >= 4 is 5.88 Å². The van der Waals surface area contributed by atoms with Crippen LogP contribution in [-0.4, -0.2) is 36.1 Å². The Morgan fingerprint density at radius 2 is 1.70 bits per heavy atom. The maximum Gasteiger partial charge on any atom is 0.235 e. The van der Waals surface area contributed by atoms with Crippen LogP contribution in [0.1, 0.15) is 16.8 Å². The smallest absolute Gasteiger partial charge is 0.235 e. The quantitative estimate of drug-likeness (QED) is 0.709. The van der Waals surface area contributed by atoms with E-state index in [4.69, 9.17) is 4.42 Å². The van der Waals surface area contributed by atoms with Gasteiger partial charge >= 0.3 is 0 Å². The lowest BCUT2D eigenvalue weighted by Gasteiger charge is -2.34. The molecular formula is C22H22N4O. The van der Waals surface area contributed by atoms with Gasteiger partial charge in [-0.2, -0.15) is 10.2 Å². The molecule has 1 aliphatic rings. The Bertz CT molecular complexity index is 933. The van der Waals surface area contributed by atoms with Gasteiger partial charge in [0.25, 0.3) is 0 Å². The van der Waals surface area contributed by atoms with Gasteiger partial charge in [-0.3, -0.25) is 4.90 Å². The fraction of sp³-hybridized carbons (Fsp3) is 0.273. The van der Waals surface area contributed by atoms with Crippen molar-refractivity contribution in [2.45, 2.75) is 13.5 Å². The molecule has 2 heterocycles. The Morgan fingerprint density at radius 1 is 1.00 bits per heavy atom. The van der Waals surface area contributed by atoms with E-state index >= 15 is 0 Å². The SMILES string of the molecule is Cc1ccc(-c2nc(C#N)c(N3CCN(Cc4ccccc4)CC3)o2)cc1. The molecule has 1 fully saturated rings. The zero-order chi connectivity index (χ0) is 18.6. The fourth-order valence-corrected chi connectivity index (χ4v) is 3.37. The molecule has 0 atom stereocenters. The van der Waals surface area contributed by atoms with Gasteiger partial charge in [0.1, 0.15) is 6.07 Å². The van der Waals surface area contributed by atoms with Crippen LogP contribution in [0.3, 0.4) is 0 Å². The Morgan fingerprint density at radius 3 is 2.37 bits per heavy atom. The Labute approximate surface area is 159 Å². The second kappa shape index (κ2) is 7.65. The van der Waals surface area contributed by atoms with Gasteiger partial charge in [0.05, 0.1) is 0 Å². The molecule has 1 saturated heterocycles. The second-order valence-corrected chi connectivity index (χ2v) is 6.90. The minimum absolute atomic E-state index is 0.363. The number of rotatable bonds is 4. The van der Waals surface area contributed by atoms with Crippen LogP contribution >= 0.6 is 0 Å². The third-order valence-corrected chi connectivity index (χ3v) is 4.92. The third kappa shape index (κ3) is 3.86. The van der Waals surface area contributed by atoms with Gasteiger partial charge in [-0.15, -0.1) is 0 Å². The average Bonchev–Trinajstić information content (AvgIpc) is 3.14. The predicted octanol–water partition coefficient (Wildman–Crippen LogP) is 3.84. The number of aromatic nitrogens is 1. The Hall–Kier alpha value is -3.10. The van der Waals surface area contributed by atoms with Crippen LogP contribution in [0.4, 0.5) is 5.88 Å². The maximum atomic E-state index is 9.49. The van der Waals surface area contributed by atoms with Gasteiger partial charge in [-0.1, -0.05) is 48.0 Å². The minimum atomic E-state index is 0.363. The van der Waals surface area contributed by atoms with Crippen LogP contribution in [0, 0.1) is 18.3 Å².